The summed E-state index contributed by atoms with van der Waals surface area (Å²) in [4.78, 5) is 10.4. The number of aromatic nitrogens is 2. The molecule has 2 atom stereocenters. The van der Waals surface area contributed by atoms with Crippen LogP contribution >= 0.6 is 0 Å². The van der Waals surface area contributed by atoms with Crippen LogP contribution in [0.4, 0.5) is 11.5 Å². The summed E-state index contributed by atoms with van der Waals surface area (Å²) in [5.41, 5.74) is 0.0538. The predicted molar refractivity (Wildman–Crippen MR) is 64.9 cm³/mol. The van der Waals surface area contributed by atoms with Gasteiger partial charge in [-0.1, -0.05) is 19.8 Å². The first-order valence-corrected chi connectivity index (χ1v) is 6.00. The lowest BCUT2D eigenvalue weighted by Crippen LogP contribution is -2.17. The molecule has 1 fully saturated rings. The Kier molecular flexibility index (Phi) is 3.31. The predicted octanol–water partition coefficient (Wildman–Crippen LogP) is 2.18. The van der Waals surface area contributed by atoms with Gasteiger partial charge >= 0.3 is 5.69 Å². The van der Waals surface area contributed by atoms with Crippen molar-refractivity contribution in [3.05, 3.63) is 16.3 Å². The Bertz CT molecular complexity index is 416. The third kappa shape index (κ3) is 2.57. The number of nitro groups is 1. The highest BCUT2D eigenvalue weighted by molar-refractivity contribution is 5.54. The Morgan fingerprint density at radius 2 is 2.41 bits per heavy atom. The minimum atomic E-state index is -0.395. The van der Waals surface area contributed by atoms with E-state index >= 15 is 0 Å². The van der Waals surface area contributed by atoms with Crippen molar-refractivity contribution in [3.8, 4) is 0 Å². The normalized spacial score (nSPS) is 23.9. The van der Waals surface area contributed by atoms with Crippen LogP contribution in [0.5, 0.6) is 0 Å². The van der Waals surface area contributed by atoms with Crippen molar-refractivity contribution in [1.29, 1.82) is 0 Å². The Labute approximate surface area is 100 Å². The van der Waals surface area contributed by atoms with E-state index < -0.39 is 4.92 Å². The third-order valence-corrected chi connectivity index (χ3v) is 3.58. The van der Waals surface area contributed by atoms with E-state index in [1.807, 2.05) is 0 Å². The lowest BCUT2D eigenvalue weighted by Gasteiger charge is -2.15. The highest BCUT2D eigenvalue weighted by atomic mass is 16.6. The highest BCUT2D eigenvalue weighted by Gasteiger charge is 2.25. The van der Waals surface area contributed by atoms with E-state index in [9.17, 15) is 10.1 Å². The van der Waals surface area contributed by atoms with Crippen LogP contribution in [0.3, 0.4) is 0 Å². The first kappa shape index (κ1) is 11.9. The zero-order valence-electron chi connectivity index (χ0n) is 10.2. The summed E-state index contributed by atoms with van der Waals surface area (Å²) >= 11 is 0. The van der Waals surface area contributed by atoms with Crippen molar-refractivity contribution < 1.29 is 4.92 Å². The molecule has 0 radical (unpaired) electrons. The van der Waals surface area contributed by atoms with E-state index in [0.29, 0.717) is 17.7 Å². The smallest absolute Gasteiger partial charge is 0.330 e. The second-order valence-corrected chi connectivity index (χ2v) is 4.84. The number of anilines is 1. The molecule has 1 saturated carbocycles. The average molecular weight is 238 g/mol. The molecule has 0 aliphatic heterocycles. The fourth-order valence-electron chi connectivity index (χ4n) is 2.49. The van der Waals surface area contributed by atoms with Crippen molar-refractivity contribution in [2.45, 2.75) is 26.2 Å². The van der Waals surface area contributed by atoms with Gasteiger partial charge in [-0.15, -0.1) is 5.10 Å². The van der Waals surface area contributed by atoms with Crippen LogP contribution in [-0.4, -0.2) is 21.2 Å². The van der Waals surface area contributed by atoms with E-state index in [-0.39, 0.29) is 5.69 Å². The molecule has 94 valence electrons. The zero-order chi connectivity index (χ0) is 12.4. The second-order valence-electron chi connectivity index (χ2n) is 4.84. The topological polar surface area (TPSA) is 73.0 Å². The highest BCUT2D eigenvalue weighted by Crippen LogP contribution is 2.32. The SMILES string of the molecule is CC1CCCC1CNc1nn(C)cc1[N+](=O)[O-]. The van der Waals surface area contributed by atoms with Gasteiger partial charge in [-0.05, 0) is 18.3 Å². The maximum Gasteiger partial charge on any atom is 0.330 e. The van der Waals surface area contributed by atoms with E-state index in [4.69, 9.17) is 0 Å². The molecule has 1 aliphatic carbocycles. The van der Waals surface area contributed by atoms with Gasteiger partial charge in [-0.2, -0.15) is 0 Å². The Balaban J connectivity index is 2.01. The molecule has 1 aromatic rings. The van der Waals surface area contributed by atoms with Gasteiger partial charge in [-0.25, -0.2) is 0 Å². The van der Waals surface area contributed by atoms with Crippen LogP contribution in [-0.2, 0) is 7.05 Å². The Morgan fingerprint density at radius 1 is 1.65 bits per heavy atom. The molecule has 0 spiro atoms. The molecule has 17 heavy (non-hydrogen) atoms. The standard InChI is InChI=1S/C11H18N4O2/c1-8-4-3-5-9(8)6-12-11-10(15(16)17)7-14(2)13-11/h7-9H,3-6H2,1-2H3,(H,12,13). The minimum absolute atomic E-state index is 0.0538. The van der Waals surface area contributed by atoms with Gasteiger partial charge in [-0.3, -0.25) is 14.8 Å². The van der Waals surface area contributed by atoms with Crippen molar-refractivity contribution in [2.75, 3.05) is 11.9 Å². The van der Waals surface area contributed by atoms with Crippen LogP contribution in [0.1, 0.15) is 26.2 Å². The Hall–Kier alpha value is -1.59. The quantitative estimate of drug-likeness (QED) is 0.644. The summed E-state index contributed by atoms with van der Waals surface area (Å²) in [5, 5.41) is 18.0. The maximum atomic E-state index is 10.8. The number of nitrogens with one attached hydrogen (secondary N) is 1. The monoisotopic (exact) mass is 238 g/mol. The van der Waals surface area contributed by atoms with Gasteiger partial charge in [0.15, 0.2) is 0 Å². The summed E-state index contributed by atoms with van der Waals surface area (Å²) in [6.07, 6.45) is 5.16. The average Bonchev–Trinajstić information content (AvgIpc) is 2.82. The molecule has 2 rings (SSSR count). The molecule has 2 unspecified atom stereocenters. The molecule has 1 aromatic heterocycles. The Morgan fingerprint density at radius 3 is 3.00 bits per heavy atom. The first-order valence-electron chi connectivity index (χ1n) is 6.00. The maximum absolute atomic E-state index is 10.8. The van der Waals surface area contributed by atoms with Crippen LogP contribution in [0, 0.1) is 22.0 Å². The summed E-state index contributed by atoms with van der Waals surface area (Å²) in [5.74, 6) is 1.69. The van der Waals surface area contributed by atoms with Crippen LogP contribution in [0.15, 0.2) is 6.20 Å². The van der Waals surface area contributed by atoms with E-state index in [2.05, 4.69) is 17.3 Å². The second kappa shape index (κ2) is 4.73. The minimum Gasteiger partial charge on any atom is -0.363 e. The molecule has 1 heterocycles. The largest absolute Gasteiger partial charge is 0.363 e. The number of hydrogen-bond donors (Lipinski definition) is 1. The first-order chi connectivity index (χ1) is 8.08. The fraction of sp³-hybridized carbons (Fsp3) is 0.727. The summed E-state index contributed by atoms with van der Waals surface area (Å²) in [6.45, 7) is 3.02. The van der Waals surface area contributed by atoms with Gasteiger partial charge in [0.05, 0.1) is 4.92 Å². The van der Waals surface area contributed by atoms with Crippen LogP contribution < -0.4 is 5.32 Å². The molecule has 6 nitrogen and oxygen atoms in total. The molecule has 0 aromatic carbocycles. The number of hydrogen-bond acceptors (Lipinski definition) is 4. The molecular formula is C11H18N4O2. The molecule has 0 saturated heterocycles. The van der Waals surface area contributed by atoms with E-state index in [1.54, 1.807) is 7.05 Å². The number of rotatable bonds is 4. The lowest BCUT2D eigenvalue weighted by molar-refractivity contribution is -0.384. The van der Waals surface area contributed by atoms with Gasteiger partial charge in [0.25, 0.3) is 0 Å². The fourth-order valence-corrected chi connectivity index (χ4v) is 2.49. The molecule has 0 bridgehead atoms. The van der Waals surface area contributed by atoms with Gasteiger partial charge in [0.2, 0.25) is 5.82 Å². The van der Waals surface area contributed by atoms with Gasteiger partial charge in [0, 0.05) is 13.6 Å². The van der Waals surface area contributed by atoms with Crippen molar-refractivity contribution >= 4 is 11.5 Å². The van der Waals surface area contributed by atoms with Crippen molar-refractivity contribution in [1.82, 2.24) is 9.78 Å². The molecular weight excluding hydrogens is 220 g/mol. The van der Waals surface area contributed by atoms with Crippen LogP contribution in [0.25, 0.3) is 0 Å². The van der Waals surface area contributed by atoms with Crippen molar-refractivity contribution in [3.63, 3.8) is 0 Å². The molecule has 1 aliphatic rings. The lowest BCUT2D eigenvalue weighted by atomic mass is 9.98. The third-order valence-electron chi connectivity index (χ3n) is 3.58. The van der Waals surface area contributed by atoms with E-state index in [0.717, 1.165) is 6.54 Å². The zero-order valence-corrected chi connectivity index (χ0v) is 10.2. The summed E-state index contributed by atoms with van der Waals surface area (Å²) in [7, 11) is 1.69. The van der Waals surface area contributed by atoms with Gasteiger partial charge < -0.3 is 5.32 Å². The summed E-state index contributed by atoms with van der Waals surface area (Å²) < 4.78 is 1.47. The molecule has 1 N–H and O–H groups in total. The van der Waals surface area contributed by atoms with Gasteiger partial charge in [0.1, 0.15) is 6.20 Å². The molecule has 6 heteroatoms. The number of nitrogens with zero attached hydrogens (tertiary/aromatic N) is 3. The number of aryl methyl sites for hydroxylation is 1. The summed E-state index contributed by atoms with van der Waals surface area (Å²) in [6, 6.07) is 0. The van der Waals surface area contributed by atoms with Crippen molar-refractivity contribution in [2.24, 2.45) is 18.9 Å². The molecule has 0 amide bonds. The van der Waals surface area contributed by atoms with Crippen LogP contribution in [0.2, 0.25) is 0 Å². The van der Waals surface area contributed by atoms with E-state index in [1.165, 1.54) is 30.1 Å².